The Bertz CT molecular complexity index is 955. The Balaban J connectivity index is 2.14. The minimum atomic E-state index is -3.67. The summed E-state index contributed by atoms with van der Waals surface area (Å²) in [5, 5.41) is 0. The van der Waals surface area contributed by atoms with Gasteiger partial charge in [0, 0.05) is 24.1 Å². The van der Waals surface area contributed by atoms with E-state index in [0.717, 1.165) is 0 Å². The summed E-state index contributed by atoms with van der Waals surface area (Å²) < 4.78 is 54.0. The molecule has 0 bridgehead atoms. The second-order valence-electron chi connectivity index (χ2n) is 5.49. The number of halogens is 1. The molecule has 0 aliphatic carbocycles. The maximum Gasteiger partial charge on any atom is 0.243 e. The van der Waals surface area contributed by atoms with E-state index in [1.165, 1.54) is 22.5 Å². The third-order valence-corrected chi connectivity index (χ3v) is 8.34. The molecule has 142 valence electrons. The number of benzene rings is 2. The second kappa shape index (κ2) is 8.62. The summed E-state index contributed by atoms with van der Waals surface area (Å²) in [7, 11) is -7.19. The van der Waals surface area contributed by atoms with Crippen molar-refractivity contribution in [2.45, 2.75) is 30.2 Å². The lowest BCUT2D eigenvalue weighted by Gasteiger charge is -2.18. The van der Waals surface area contributed by atoms with Gasteiger partial charge in [0.1, 0.15) is 0 Å². The lowest BCUT2D eigenvalue weighted by molar-refractivity contribution is 0.445. The van der Waals surface area contributed by atoms with Gasteiger partial charge in [0.15, 0.2) is 0 Å². The van der Waals surface area contributed by atoms with Gasteiger partial charge < -0.3 is 0 Å². The molecule has 0 spiro atoms. The zero-order valence-corrected chi connectivity index (χ0v) is 17.7. The van der Waals surface area contributed by atoms with Crippen LogP contribution in [0.2, 0.25) is 0 Å². The molecule has 2 aromatic rings. The molecule has 0 amide bonds. The van der Waals surface area contributed by atoms with Gasteiger partial charge >= 0.3 is 0 Å². The summed E-state index contributed by atoms with van der Waals surface area (Å²) in [6.45, 7) is 4.42. The van der Waals surface area contributed by atoms with Crippen molar-refractivity contribution in [3.63, 3.8) is 0 Å². The summed E-state index contributed by atoms with van der Waals surface area (Å²) in [5.74, 6) is 0. The monoisotopic (exact) mass is 460 g/mol. The number of nitrogens with zero attached hydrogens (tertiary/aromatic N) is 1. The molecule has 0 radical (unpaired) electrons. The molecule has 26 heavy (non-hydrogen) atoms. The third-order valence-electron chi connectivity index (χ3n) is 3.86. The van der Waals surface area contributed by atoms with Gasteiger partial charge in [-0.25, -0.2) is 21.6 Å². The highest BCUT2D eigenvalue weighted by molar-refractivity contribution is 9.10. The molecule has 9 heteroatoms. The predicted octanol–water partition coefficient (Wildman–Crippen LogP) is 2.96. The van der Waals surface area contributed by atoms with Crippen LogP contribution in [0.1, 0.15) is 19.4 Å². The summed E-state index contributed by atoms with van der Waals surface area (Å²) in [5.41, 5.74) is 0.666. The molecular weight excluding hydrogens is 440 g/mol. The first kappa shape index (κ1) is 21.0. The van der Waals surface area contributed by atoms with Crippen molar-refractivity contribution in [3.05, 3.63) is 58.6 Å². The summed E-state index contributed by atoms with van der Waals surface area (Å²) >= 11 is 3.23. The molecule has 0 unspecified atom stereocenters. The first-order valence-corrected chi connectivity index (χ1v) is 11.8. The molecule has 0 fully saturated rings. The van der Waals surface area contributed by atoms with Gasteiger partial charge in [-0.15, -0.1) is 0 Å². The summed E-state index contributed by atoms with van der Waals surface area (Å²) in [6.07, 6.45) is 0. The number of rotatable bonds is 8. The zero-order chi connectivity index (χ0) is 19.4. The van der Waals surface area contributed by atoms with Crippen molar-refractivity contribution in [1.82, 2.24) is 9.03 Å². The van der Waals surface area contributed by atoms with E-state index >= 15 is 0 Å². The van der Waals surface area contributed by atoms with Crippen molar-refractivity contribution >= 4 is 36.0 Å². The maximum atomic E-state index is 12.5. The average molecular weight is 461 g/mol. The van der Waals surface area contributed by atoms with E-state index in [-0.39, 0.29) is 16.3 Å². The zero-order valence-electron chi connectivity index (χ0n) is 14.5. The van der Waals surface area contributed by atoms with Crippen LogP contribution in [0.3, 0.4) is 0 Å². The molecule has 0 aliphatic rings. The van der Waals surface area contributed by atoms with E-state index in [4.69, 9.17) is 0 Å². The SMILES string of the molecule is CCN(CC)S(=O)(=O)c1ccc(CNS(=O)(=O)c2ccccc2Br)cc1. The Hall–Kier alpha value is -1.26. The fourth-order valence-electron chi connectivity index (χ4n) is 2.41. The first-order chi connectivity index (χ1) is 12.2. The van der Waals surface area contributed by atoms with Crippen LogP contribution in [-0.4, -0.2) is 34.2 Å². The number of hydrogen-bond acceptors (Lipinski definition) is 4. The van der Waals surface area contributed by atoms with Crippen molar-refractivity contribution in [2.24, 2.45) is 0 Å². The average Bonchev–Trinajstić information content (AvgIpc) is 2.61. The Kier molecular flexibility index (Phi) is 6.98. The van der Waals surface area contributed by atoms with E-state index in [9.17, 15) is 16.8 Å². The summed E-state index contributed by atoms with van der Waals surface area (Å²) in [4.78, 5) is 0.347. The molecule has 0 saturated carbocycles. The largest absolute Gasteiger partial charge is 0.243 e. The van der Waals surface area contributed by atoms with Crippen molar-refractivity contribution < 1.29 is 16.8 Å². The standard InChI is InChI=1S/C17H21BrN2O4S2/c1-3-20(4-2)26(23,24)15-11-9-14(10-12-15)13-19-25(21,22)17-8-6-5-7-16(17)18/h5-12,19H,3-4,13H2,1-2H3. The van der Waals surface area contributed by atoms with Gasteiger partial charge in [0.05, 0.1) is 9.79 Å². The number of sulfonamides is 2. The smallest absolute Gasteiger partial charge is 0.207 e. The second-order valence-corrected chi connectivity index (χ2v) is 10.0. The molecule has 1 N–H and O–H groups in total. The van der Waals surface area contributed by atoms with E-state index in [1.807, 2.05) is 0 Å². The highest BCUT2D eigenvalue weighted by Crippen LogP contribution is 2.21. The maximum absolute atomic E-state index is 12.5. The lowest BCUT2D eigenvalue weighted by Crippen LogP contribution is -2.30. The Labute approximate surface area is 163 Å². The van der Waals surface area contributed by atoms with Crippen LogP contribution in [0.15, 0.2) is 62.8 Å². The molecule has 0 aromatic heterocycles. The van der Waals surface area contributed by atoms with Crippen LogP contribution in [0, 0.1) is 0 Å². The van der Waals surface area contributed by atoms with Gasteiger partial charge in [0.25, 0.3) is 0 Å². The number of hydrogen-bond donors (Lipinski definition) is 1. The Morgan fingerprint density at radius 2 is 1.50 bits per heavy atom. The van der Waals surface area contributed by atoms with Crippen LogP contribution in [-0.2, 0) is 26.6 Å². The fraction of sp³-hybridized carbons (Fsp3) is 0.294. The Morgan fingerprint density at radius 1 is 0.923 bits per heavy atom. The van der Waals surface area contributed by atoms with Crippen molar-refractivity contribution in [2.75, 3.05) is 13.1 Å². The van der Waals surface area contributed by atoms with Crippen molar-refractivity contribution in [3.8, 4) is 0 Å². The van der Waals surface area contributed by atoms with Crippen LogP contribution in [0.4, 0.5) is 0 Å². The molecule has 0 atom stereocenters. The molecule has 0 heterocycles. The van der Waals surface area contributed by atoms with Crippen LogP contribution in [0.25, 0.3) is 0 Å². The Morgan fingerprint density at radius 3 is 2.04 bits per heavy atom. The first-order valence-electron chi connectivity index (χ1n) is 8.05. The van der Waals surface area contributed by atoms with E-state index < -0.39 is 20.0 Å². The molecule has 0 aliphatic heterocycles. The molecular formula is C17H21BrN2O4S2. The third kappa shape index (κ3) is 4.72. The molecule has 0 saturated heterocycles. The van der Waals surface area contributed by atoms with E-state index in [2.05, 4.69) is 20.7 Å². The van der Waals surface area contributed by atoms with Crippen LogP contribution < -0.4 is 4.72 Å². The van der Waals surface area contributed by atoms with Gasteiger partial charge in [-0.1, -0.05) is 38.1 Å². The number of nitrogens with one attached hydrogen (secondary N) is 1. The normalized spacial score (nSPS) is 12.5. The summed E-state index contributed by atoms with van der Waals surface area (Å²) in [6, 6.07) is 12.8. The van der Waals surface area contributed by atoms with Crippen LogP contribution >= 0.6 is 15.9 Å². The quantitative estimate of drug-likeness (QED) is 0.655. The minimum absolute atomic E-state index is 0.0647. The molecule has 6 nitrogen and oxygen atoms in total. The topological polar surface area (TPSA) is 83.6 Å². The van der Waals surface area contributed by atoms with Gasteiger partial charge in [-0.05, 0) is 45.8 Å². The van der Waals surface area contributed by atoms with Crippen LogP contribution in [0.5, 0.6) is 0 Å². The highest BCUT2D eigenvalue weighted by atomic mass is 79.9. The van der Waals surface area contributed by atoms with Crippen molar-refractivity contribution in [1.29, 1.82) is 0 Å². The molecule has 2 rings (SSSR count). The highest BCUT2D eigenvalue weighted by Gasteiger charge is 2.21. The van der Waals surface area contributed by atoms with Gasteiger partial charge in [0.2, 0.25) is 20.0 Å². The minimum Gasteiger partial charge on any atom is -0.207 e. The lowest BCUT2D eigenvalue weighted by atomic mass is 10.2. The predicted molar refractivity (Wildman–Crippen MR) is 105 cm³/mol. The van der Waals surface area contributed by atoms with E-state index in [1.54, 1.807) is 44.2 Å². The molecule has 2 aromatic carbocycles. The van der Waals surface area contributed by atoms with Gasteiger partial charge in [-0.3, -0.25) is 0 Å². The fourth-order valence-corrected chi connectivity index (χ4v) is 5.89. The van der Waals surface area contributed by atoms with Gasteiger partial charge in [-0.2, -0.15) is 4.31 Å². The van der Waals surface area contributed by atoms with E-state index in [0.29, 0.717) is 23.1 Å².